The van der Waals surface area contributed by atoms with Gasteiger partial charge >= 0.3 is 6.03 Å². The van der Waals surface area contributed by atoms with Crippen molar-refractivity contribution >= 4 is 6.03 Å². The van der Waals surface area contributed by atoms with E-state index in [1.807, 2.05) is 0 Å². The molecule has 0 aromatic heterocycles. The third-order valence-electron chi connectivity index (χ3n) is 3.85. The fraction of sp³-hybridized carbons (Fsp3) is 0.533. The Hall–Kier alpha value is -1.73. The van der Waals surface area contributed by atoms with Crippen LogP contribution in [0.3, 0.4) is 0 Å². The van der Waals surface area contributed by atoms with E-state index in [0.29, 0.717) is 31.5 Å². The molecule has 0 spiro atoms. The third kappa shape index (κ3) is 3.92. The molecule has 1 aromatic rings. The number of hydrogen-bond donors (Lipinski definition) is 2. The molecular weight excluding hydrogens is 294 g/mol. The van der Waals surface area contributed by atoms with E-state index < -0.39 is 11.6 Å². The summed E-state index contributed by atoms with van der Waals surface area (Å²) in [6.07, 6.45) is 0.923. The molecule has 1 aliphatic rings. The first kappa shape index (κ1) is 16.6. The van der Waals surface area contributed by atoms with Crippen LogP contribution in [0.5, 0.6) is 0 Å². The number of amides is 2. The Morgan fingerprint density at radius 1 is 1.45 bits per heavy atom. The topological polar surface area (TPSA) is 61.8 Å². The second-order valence-electron chi connectivity index (χ2n) is 5.31. The average Bonchev–Trinajstić information content (AvgIpc) is 2.94. The highest BCUT2D eigenvalue weighted by molar-refractivity contribution is 5.75. The summed E-state index contributed by atoms with van der Waals surface area (Å²) in [5, 5.41) is 12.0. The predicted octanol–water partition coefficient (Wildman–Crippen LogP) is 1.30. The highest BCUT2D eigenvalue weighted by atomic mass is 19.2. The molecule has 0 unspecified atom stereocenters. The van der Waals surface area contributed by atoms with Crippen molar-refractivity contribution in [3.63, 3.8) is 0 Å². The van der Waals surface area contributed by atoms with Crippen molar-refractivity contribution in [3.05, 3.63) is 35.4 Å². The molecule has 2 N–H and O–H groups in total. The lowest BCUT2D eigenvalue weighted by molar-refractivity contribution is 0.110. The van der Waals surface area contributed by atoms with E-state index in [1.54, 1.807) is 12.0 Å². The first-order chi connectivity index (χ1) is 10.5. The zero-order chi connectivity index (χ0) is 16.1. The predicted molar refractivity (Wildman–Crippen MR) is 76.5 cm³/mol. The van der Waals surface area contributed by atoms with Gasteiger partial charge in [0.05, 0.1) is 18.8 Å². The van der Waals surface area contributed by atoms with Gasteiger partial charge in [0.25, 0.3) is 0 Å². The number of likely N-dealkylation sites (tertiary alicyclic amines) is 1. The number of halogens is 2. The first-order valence-electron chi connectivity index (χ1n) is 7.17. The summed E-state index contributed by atoms with van der Waals surface area (Å²) in [4.78, 5) is 13.6. The van der Waals surface area contributed by atoms with Gasteiger partial charge in [0.2, 0.25) is 0 Å². The van der Waals surface area contributed by atoms with Gasteiger partial charge in [-0.15, -0.1) is 0 Å². The molecule has 122 valence electrons. The molecule has 1 aromatic carbocycles. The number of carbonyl (C=O) groups is 1. The van der Waals surface area contributed by atoms with Crippen LogP contribution in [0.2, 0.25) is 0 Å². The summed E-state index contributed by atoms with van der Waals surface area (Å²) in [7, 11) is 1.57. The van der Waals surface area contributed by atoms with E-state index in [0.717, 1.165) is 12.1 Å². The summed E-state index contributed by atoms with van der Waals surface area (Å²) >= 11 is 0. The minimum atomic E-state index is -0.897. The van der Waals surface area contributed by atoms with Crippen molar-refractivity contribution in [2.24, 2.45) is 0 Å². The van der Waals surface area contributed by atoms with Crippen LogP contribution in [-0.2, 0) is 11.2 Å². The standard InChI is InChI=1S/C15H20F2N2O3/c1-22-12-7-11(9-20)19(8-12)15(21)18-5-4-10-2-3-13(16)14(17)6-10/h2-3,6,11-12,20H,4-5,7-9H2,1H3,(H,18,21)/t11-,12+/m0/s1. The van der Waals surface area contributed by atoms with Crippen molar-refractivity contribution in [1.82, 2.24) is 10.2 Å². The molecule has 2 atom stereocenters. The normalized spacial score (nSPS) is 21.2. The number of rotatable bonds is 5. The van der Waals surface area contributed by atoms with E-state index in [9.17, 15) is 18.7 Å². The lowest BCUT2D eigenvalue weighted by atomic mass is 10.1. The fourth-order valence-corrected chi connectivity index (χ4v) is 2.58. The smallest absolute Gasteiger partial charge is 0.317 e. The highest BCUT2D eigenvalue weighted by Crippen LogP contribution is 2.19. The van der Waals surface area contributed by atoms with Crippen LogP contribution in [0.25, 0.3) is 0 Å². The van der Waals surface area contributed by atoms with Gasteiger partial charge in [0.15, 0.2) is 11.6 Å². The molecule has 0 aliphatic carbocycles. The second-order valence-corrected chi connectivity index (χ2v) is 5.31. The van der Waals surface area contributed by atoms with Gasteiger partial charge < -0.3 is 20.1 Å². The fourth-order valence-electron chi connectivity index (χ4n) is 2.58. The number of nitrogens with zero attached hydrogens (tertiary/aromatic N) is 1. The van der Waals surface area contributed by atoms with E-state index in [2.05, 4.69) is 5.32 Å². The highest BCUT2D eigenvalue weighted by Gasteiger charge is 2.34. The van der Waals surface area contributed by atoms with Crippen LogP contribution in [0.4, 0.5) is 13.6 Å². The minimum Gasteiger partial charge on any atom is -0.394 e. The van der Waals surface area contributed by atoms with Crippen molar-refractivity contribution < 1.29 is 23.4 Å². The summed E-state index contributed by atoms with van der Waals surface area (Å²) in [6, 6.07) is 3.12. The molecular formula is C15H20F2N2O3. The SMILES string of the molecule is CO[C@@H]1C[C@@H](CO)N(C(=O)NCCc2ccc(F)c(F)c2)C1. The molecule has 2 amide bonds. The van der Waals surface area contributed by atoms with Crippen molar-refractivity contribution in [3.8, 4) is 0 Å². The maximum absolute atomic E-state index is 13.1. The number of aliphatic hydroxyl groups is 1. The summed E-state index contributed by atoms with van der Waals surface area (Å²) in [5.74, 6) is -1.78. The third-order valence-corrected chi connectivity index (χ3v) is 3.85. The largest absolute Gasteiger partial charge is 0.394 e. The Kier molecular flexibility index (Phi) is 5.68. The summed E-state index contributed by atoms with van der Waals surface area (Å²) in [6.45, 7) is 0.616. The zero-order valence-corrected chi connectivity index (χ0v) is 12.4. The van der Waals surface area contributed by atoms with E-state index in [1.165, 1.54) is 6.07 Å². The van der Waals surface area contributed by atoms with Crippen molar-refractivity contribution in [2.45, 2.75) is 25.0 Å². The minimum absolute atomic E-state index is 0.0749. The first-order valence-corrected chi connectivity index (χ1v) is 7.17. The average molecular weight is 314 g/mol. The second kappa shape index (κ2) is 7.51. The lowest BCUT2D eigenvalue weighted by Gasteiger charge is -2.23. The number of aliphatic hydroxyl groups excluding tert-OH is 1. The summed E-state index contributed by atoms with van der Waals surface area (Å²) in [5.41, 5.74) is 0.606. The van der Waals surface area contributed by atoms with Gasteiger partial charge in [-0.25, -0.2) is 13.6 Å². The monoisotopic (exact) mass is 314 g/mol. The molecule has 1 aliphatic heterocycles. The number of ether oxygens (including phenoxy) is 1. The number of methoxy groups -OCH3 is 1. The summed E-state index contributed by atoms with van der Waals surface area (Å²) < 4.78 is 31.1. The number of carbonyl (C=O) groups excluding carboxylic acids is 1. The van der Waals surface area contributed by atoms with Crippen molar-refractivity contribution in [2.75, 3.05) is 26.8 Å². The Labute approximate surface area is 127 Å². The molecule has 0 saturated carbocycles. The number of nitrogens with one attached hydrogen (secondary N) is 1. The van der Waals surface area contributed by atoms with Gasteiger partial charge in [-0.2, -0.15) is 0 Å². The van der Waals surface area contributed by atoms with Gasteiger partial charge in [-0.1, -0.05) is 6.07 Å². The molecule has 22 heavy (non-hydrogen) atoms. The Morgan fingerprint density at radius 2 is 2.23 bits per heavy atom. The Bertz CT molecular complexity index is 528. The lowest BCUT2D eigenvalue weighted by Crippen LogP contribution is -2.45. The van der Waals surface area contributed by atoms with Crippen LogP contribution >= 0.6 is 0 Å². The van der Waals surface area contributed by atoms with Crippen LogP contribution in [0.15, 0.2) is 18.2 Å². The molecule has 0 radical (unpaired) electrons. The zero-order valence-electron chi connectivity index (χ0n) is 12.4. The maximum Gasteiger partial charge on any atom is 0.317 e. The Balaban J connectivity index is 1.83. The van der Waals surface area contributed by atoms with Gasteiger partial charge in [-0.05, 0) is 30.5 Å². The van der Waals surface area contributed by atoms with Gasteiger partial charge in [0, 0.05) is 20.2 Å². The van der Waals surface area contributed by atoms with Crippen molar-refractivity contribution in [1.29, 1.82) is 0 Å². The number of benzene rings is 1. The quantitative estimate of drug-likeness (QED) is 0.861. The molecule has 1 saturated heterocycles. The molecule has 1 heterocycles. The Morgan fingerprint density at radius 3 is 2.86 bits per heavy atom. The van der Waals surface area contributed by atoms with Crippen LogP contribution in [0, 0.1) is 11.6 Å². The van der Waals surface area contributed by atoms with E-state index in [-0.39, 0.29) is 24.8 Å². The van der Waals surface area contributed by atoms with Gasteiger partial charge in [-0.3, -0.25) is 0 Å². The number of urea groups is 1. The molecule has 7 heteroatoms. The van der Waals surface area contributed by atoms with E-state index in [4.69, 9.17) is 4.74 Å². The number of hydrogen-bond acceptors (Lipinski definition) is 3. The molecule has 0 bridgehead atoms. The molecule has 2 rings (SSSR count). The van der Waals surface area contributed by atoms with Crippen LogP contribution in [0.1, 0.15) is 12.0 Å². The molecule has 5 nitrogen and oxygen atoms in total. The van der Waals surface area contributed by atoms with Crippen LogP contribution < -0.4 is 5.32 Å². The molecule has 1 fully saturated rings. The van der Waals surface area contributed by atoms with Gasteiger partial charge in [0.1, 0.15) is 0 Å². The van der Waals surface area contributed by atoms with E-state index >= 15 is 0 Å². The van der Waals surface area contributed by atoms with Crippen LogP contribution in [-0.4, -0.2) is 55.0 Å². The maximum atomic E-state index is 13.1.